The first-order chi connectivity index (χ1) is 9.43. The van der Waals surface area contributed by atoms with Crippen molar-refractivity contribution in [1.82, 2.24) is 5.32 Å². The van der Waals surface area contributed by atoms with Gasteiger partial charge < -0.3 is 10.1 Å². The van der Waals surface area contributed by atoms with Crippen LogP contribution in [-0.4, -0.2) is 19.1 Å². The van der Waals surface area contributed by atoms with E-state index in [4.69, 9.17) is 4.74 Å². The fraction of sp³-hybridized carbons (Fsp3) is 0.533. The number of ether oxygens (including phenoxy) is 1. The van der Waals surface area contributed by atoms with Crippen molar-refractivity contribution in [2.24, 2.45) is 5.92 Å². The topological polar surface area (TPSA) is 38.3 Å². The van der Waals surface area contributed by atoms with Gasteiger partial charge in [0.05, 0.1) is 7.11 Å². The minimum atomic E-state index is -2.46. The minimum absolute atomic E-state index is 0.000415. The van der Waals surface area contributed by atoms with E-state index >= 15 is 0 Å². The zero-order valence-electron chi connectivity index (χ0n) is 12.0. The number of nitrogens with one attached hydrogen (secondary N) is 1. The summed E-state index contributed by atoms with van der Waals surface area (Å²) in [6, 6.07) is 5.69. The van der Waals surface area contributed by atoms with Crippen molar-refractivity contribution in [3.05, 3.63) is 35.4 Å². The van der Waals surface area contributed by atoms with E-state index in [-0.39, 0.29) is 17.6 Å². The SMILES string of the molecule is COC(=O)C(CC(C)C)NCc1ccc(C(F)F)cc1. The molecule has 0 spiro atoms. The van der Waals surface area contributed by atoms with E-state index < -0.39 is 6.43 Å². The lowest BCUT2D eigenvalue weighted by Crippen LogP contribution is -2.38. The molecule has 1 rings (SSSR count). The summed E-state index contributed by atoms with van der Waals surface area (Å²) in [5, 5.41) is 3.10. The van der Waals surface area contributed by atoms with Gasteiger partial charge in [0.25, 0.3) is 6.43 Å². The Balaban J connectivity index is 2.60. The Morgan fingerprint density at radius 3 is 2.30 bits per heavy atom. The average Bonchev–Trinajstić information content (AvgIpc) is 2.42. The molecule has 0 bridgehead atoms. The maximum absolute atomic E-state index is 12.4. The van der Waals surface area contributed by atoms with E-state index in [9.17, 15) is 13.6 Å². The molecule has 1 aromatic rings. The molecule has 5 heteroatoms. The molecule has 112 valence electrons. The second kappa shape index (κ2) is 7.94. The number of methoxy groups -OCH3 is 1. The third-order valence-electron chi connectivity index (χ3n) is 2.98. The first-order valence-corrected chi connectivity index (χ1v) is 6.62. The number of carbonyl (C=O) groups excluding carboxylic acids is 1. The predicted octanol–water partition coefficient (Wildman–Crippen LogP) is 3.30. The Morgan fingerprint density at radius 2 is 1.85 bits per heavy atom. The maximum atomic E-state index is 12.4. The Labute approximate surface area is 118 Å². The molecule has 1 aromatic carbocycles. The summed E-state index contributed by atoms with van der Waals surface area (Å²) >= 11 is 0. The summed E-state index contributed by atoms with van der Waals surface area (Å²) in [4.78, 5) is 11.6. The molecule has 0 aliphatic heterocycles. The molecular formula is C15H21F2NO2. The molecule has 0 saturated heterocycles. The maximum Gasteiger partial charge on any atom is 0.322 e. The van der Waals surface area contributed by atoms with Crippen molar-refractivity contribution < 1.29 is 18.3 Å². The molecule has 1 N–H and O–H groups in total. The highest BCUT2D eigenvalue weighted by molar-refractivity contribution is 5.75. The highest BCUT2D eigenvalue weighted by Gasteiger charge is 2.19. The highest BCUT2D eigenvalue weighted by Crippen LogP contribution is 2.18. The molecule has 0 aliphatic rings. The van der Waals surface area contributed by atoms with Crippen LogP contribution in [0.1, 0.15) is 37.8 Å². The molecular weight excluding hydrogens is 264 g/mol. The Hall–Kier alpha value is -1.49. The van der Waals surface area contributed by atoms with Crippen LogP contribution in [0.2, 0.25) is 0 Å². The van der Waals surface area contributed by atoms with Gasteiger partial charge in [-0.15, -0.1) is 0 Å². The number of rotatable bonds is 7. The van der Waals surface area contributed by atoms with Gasteiger partial charge in [0, 0.05) is 12.1 Å². The van der Waals surface area contributed by atoms with Crippen molar-refractivity contribution >= 4 is 5.97 Å². The zero-order chi connectivity index (χ0) is 15.1. The molecule has 0 amide bonds. The second-order valence-corrected chi connectivity index (χ2v) is 5.13. The van der Waals surface area contributed by atoms with Gasteiger partial charge in [-0.25, -0.2) is 8.78 Å². The number of benzene rings is 1. The highest BCUT2D eigenvalue weighted by atomic mass is 19.3. The van der Waals surface area contributed by atoms with E-state index in [0.29, 0.717) is 18.9 Å². The molecule has 1 atom stereocenters. The molecule has 0 radical (unpaired) electrons. The van der Waals surface area contributed by atoms with E-state index in [1.165, 1.54) is 19.2 Å². The fourth-order valence-corrected chi connectivity index (χ4v) is 1.90. The first-order valence-electron chi connectivity index (χ1n) is 6.62. The predicted molar refractivity (Wildman–Crippen MR) is 73.5 cm³/mol. The zero-order valence-corrected chi connectivity index (χ0v) is 12.0. The van der Waals surface area contributed by atoms with Gasteiger partial charge in [-0.3, -0.25) is 4.79 Å². The molecule has 3 nitrogen and oxygen atoms in total. The molecule has 0 fully saturated rings. The van der Waals surface area contributed by atoms with E-state index in [0.717, 1.165) is 5.56 Å². The minimum Gasteiger partial charge on any atom is -0.468 e. The van der Waals surface area contributed by atoms with E-state index in [1.807, 2.05) is 13.8 Å². The summed E-state index contributed by atoms with van der Waals surface area (Å²) < 4.78 is 29.6. The van der Waals surface area contributed by atoms with Gasteiger partial charge in [-0.1, -0.05) is 38.1 Å². The molecule has 0 saturated carbocycles. The first kappa shape index (κ1) is 16.6. The molecule has 20 heavy (non-hydrogen) atoms. The molecule has 0 aliphatic carbocycles. The van der Waals surface area contributed by atoms with Crippen LogP contribution in [0, 0.1) is 5.92 Å². The summed E-state index contributed by atoms with van der Waals surface area (Å²) in [5.41, 5.74) is 0.854. The van der Waals surface area contributed by atoms with Crippen LogP contribution in [-0.2, 0) is 16.1 Å². The summed E-state index contributed by atoms with van der Waals surface area (Å²) in [6.45, 7) is 4.49. The second-order valence-electron chi connectivity index (χ2n) is 5.13. The smallest absolute Gasteiger partial charge is 0.322 e. The number of esters is 1. The van der Waals surface area contributed by atoms with Crippen LogP contribution >= 0.6 is 0 Å². The van der Waals surface area contributed by atoms with Crippen LogP contribution < -0.4 is 5.32 Å². The molecule has 0 heterocycles. The van der Waals surface area contributed by atoms with Gasteiger partial charge in [0.2, 0.25) is 0 Å². The number of carbonyl (C=O) groups is 1. The third kappa shape index (κ3) is 5.25. The quantitative estimate of drug-likeness (QED) is 0.781. The van der Waals surface area contributed by atoms with Crippen molar-refractivity contribution in [2.45, 2.75) is 39.3 Å². The van der Waals surface area contributed by atoms with Crippen molar-refractivity contribution in [3.8, 4) is 0 Å². The lowest BCUT2D eigenvalue weighted by Gasteiger charge is -2.18. The summed E-state index contributed by atoms with van der Waals surface area (Å²) in [5.74, 6) is 0.0516. The number of hydrogen-bond donors (Lipinski definition) is 1. The van der Waals surface area contributed by atoms with E-state index in [1.54, 1.807) is 12.1 Å². The van der Waals surface area contributed by atoms with E-state index in [2.05, 4.69) is 5.32 Å². The fourth-order valence-electron chi connectivity index (χ4n) is 1.90. The lowest BCUT2D eigenvalue weighted by atomic mass is 10.0. The lowest BCUT2D eigenvalue weighted by molar-refractivity contribution is -0.143. The van der Waals surface area contributed by atoms with Crippen LogP contribution in [0.4, 0.5) is 8.78 Å². The van der Waals surface area contributed by atoms with Gasteiger partial charge in [-0.05, 0) is 17.9 Å². The number of alkyl halides is 2. The van der Waals surface area contributed by atoms with Crippen molar-refractivity contribution in [3.63, 3.8) is 0 Å². The van der Waals surface area contributed by atoms with Gasteiger partial charge >= 0.3 is 5.97 Å². The Kier molecular flexibility index (Phi) is 6.58. The van der Waals surface area contributed by atoms with Crippen molar-refractivity contribution in [2.75, 3.05) is 7.11 Å². The summed E-state index contributed by atoms with van der Waals surface area (Å²) in [7, 11) is 1.36. The Bertz CT molecular complexity index is 418. The van der Waals surface area contributed by atoms with Gasteiger partial charge in [0.15, 0.2) is 0 Å². The van der Waals surface area contributed by atoms with Crippen LogP contribution in [0.25, 0.3) is 0 Å². The molecule has 0 aromatic heterocycles. The summed E-state index contributed by atoms with van der Waals surface area (Å²) in [6.07, 6.45) is -1.79. The number of hydrogen-bond acceptors (Lipinski definition) is 3. The largest absolute Gasteiger partial charge is 0.468 e. The average molecular weight is 285 g/mol. The van der Waals surface area contributed by atoms with Crippen LogP contribution in [0.5, 0.6) is 0 Å². The van der Waals surface area contributed by atoms with Gasteiger partial charge in [0.1, 0.15) is 6.04 Å². The molecule has 1 unspecified atom stereocenters. The van der Waals surface area contributed by atoms with Crippen LogP contribution in [0.15, 0.2) is 24.3 Å². The third-order valence-corrected chi connectivity index (χ3v) is 2.98. The van der Waals surface area contributed by atoms with Gasteiger partial charge in [-0.2, -0.15) is 0 Å². The van der Waals surface area contributed by atoms with Crippen molar-refractivity contribution in [1.29, 1.82) is 0 Å². The monoisotopic (exact) mass is 285 g/mol. The normalized spacial score (nSPS) is 12.8. The Morgan fingerprint density at radius 1 is 1.25 bits per heavy atom. The van der Waals surface area contributed by atoms with Crippen LogP contribution in [0.3, 0.4) is 0 Å². The standard InChI is InChI=1S/C15H21F2NO2/c1-10(2)8-13(15(19)20-3)18-9-11-4-6-12(7-5-11)14(16)17/h4-7,10,13-14,18H,8-9H2,1-3H3. The number of halogens is 2.